The van der Waals surface area contributed by atoms with Crippen LogP contribution in [0.5, 0.6) is 0 Å². The standard InChI is InChI=1S/C16H12Cl2N4O3/c1-6-2-7-12-11(3-8(15(23)24)14(7)25-6)20-16(21-12)22-13-9(17)4-19-5-10(13)18/h2-5,16,20-21H,1H3,(H,19,22)(H,23,24). The van der Waals surface area contributed by atoms with Crippen LogP contribution in [0.2, 0.25) is 10.0 Å². The summed E-state index contributed by atoms with van der Waals surface area (Å²) >= 11 is 12.3. The highest BCUT2D eigenvalue weighted by Crippen LogP contribution is 2.41. The van der Waals surface area contributed by atoms with Gasteiger partial charge in [-0.3, -0.25) is 4.98 Å². The average Bonchev–Trinajstić information content (AvgIpc) is 3.12. The summed E-state index contributed by atoms with van der Waals surface area (Å²) in [5.41, 5.74) is 2.34. The Morgan fingerprint density at radius 1 is 1.28 bits per heavy atom. The van der Waals surface area contributed by atoms with E-state index in [0.717, 1.165) is 5.69 Å². The Hall–Kier alpha value is -2.64. The van der Waals surface area contributed by atoms with Gasteiger partial charge >= 0.3 is 5.97 Å². The highest BCUT2D eigenvalue weighted by molar-refractivity contribution is 6.38. The summed E-state index contributed by atoms with van der Waals surface area (Å²) in [4.78, 5) is 15.4. The molecule has 0 saturated heterocycles. The Labute approximate surface area is 151 Å². The van der Waals surface area contributed by atoms with Crippen LogP contribution in [0.1, 0.15) is 16.1 Å². The fourth-order valence-electron chi connectivity index (χ4n) is 2.86. The third-order valence-corrected chi connectivity index (χ3v) is 4.46. The summed E-state index contributed by atoms with van der Waals surface area (Å²) in [5, 5.41) is 20.4. The molecule has 0 spiro atoms. The third kappa shape index (κ3) is 2.61. The van der Waals surface area contributed by atoms with E-state index in [1.807, 2.05) is 0 Å². The molecule has 1 aliphatic heterocycles. The second-order valence-electron chi connectivity index (χ2n) is 5.60. The molecule has 0 bridgehead atoms. The molecule has 2 aromatic heterocycles. The molecule has 7 nitrogen and oxygen atoms in total. The number of fused-ring (bicyclic) bond motifs is 3. The highest BCUT2D eigenvalue weighted by Gasteiger charge is 2.27. The first-order chi connectivity index (χ1) is 11.9. The summed E-state index contributed by atoms with van der Waals surface area (Å²) in [6.07, 6.45) is 2.53. The molecule has 0 fully saturated rings. The molecule has 0 amide bonds. The molecule has 9 heteroatoms. The van der Waals surface area contributed by atoms with Gasteiger partial charge in [0.1, 0.15) is 11.3 Å². The number of aryl methyl sites for hydroxylation is 1. The molecule has 0 saturated carbocycles. The number of rotatable bonds is 3. The first kappa shape index (κ1) is 15.9. The molecule has 1 unspecified atom stereocenters. The Kier molecular flexibility index (Phi) is 3.63. The van der Waals surface area contributed by atoms with Crippen LogP contribution >= 0.6 is 23.2 Å². The zero-order valence-corrected chi connectivity index (χ0v) is 14.4. The molecule has 3 aromatic rings. The van der Waals surface area contributed by atoms with Gasteiger partial charge in [0.15, 0.2) is 11.9 Å². The average molecular weight is 379 g/mol. The van der Waals surface area contributed by atoms with Crippen molar-refractivity contribution in [1.29, 1.82) is 0 Å². The Balaban J connectivity index is 1.73. The van der Waals surface area contributed by atoms with Crippen LogP contribution in [0.3, 0.4) is 0 Å². The van der Waals surface area contributed by atoms with Crippen LogP contribution in [0.15, 0.2) is 28.9 Å². The summed E-state index contributed by atoms with van der Waals surface area (Å²) in [5.74, 6) is -0.426. The van der Waals surface area contributed by atoms with Crippen LogP contribution < -0.4 is 16.0 Å². The zero-order valence-electron chi connectivity index (χ0n) is 12.9. The van der Waals surface area contributed by atoms with Gasteiger partial charge in [0.2, 0.25) is 0 Å². The van der Waals surface area contributed by atoms with Crippen LogP contribution in [0.25, 0.3) is 11.0 Å². The van der Waals surface area contributed by atoms with Crippen molar-refractivity contribution in [1.82, 2.24) is 4.98 Å². The highest BCUT2D eigenvalue weighted by atomic mass is 35.5. The molecule has 4 N–H and O–H groups in total. The summed E-state index contributed by atoms with van der Waals surface area (Å²) in [6.45, 7) is 1.77. The number of carboxylic acid groups (broad SMARTS) is 1. The number of pyridine rings is 1. The molecule has 4 rings (SSSR count). The molecule has 25 heavy (non-hydrogen) atoms. The number of furan rings is 1. The van der Waals surface area contributed by atoms with Gasteiger partial charge in [0.05, 0.1) is 27.1 Å². The van der Waals surface area contributed by atoms with E-state index in [0.29, 0.717) is 38.1 Å². The lowest BCUT2D eigenvalue weighted by Crippen LogP contribution is -2.31. The number of carbonyl (C=O) groups is 1. The third-order valence-electron chi connectivity index (χ3n) is 3.89. The van der Waals surface area contributed by atoms with Crippen molar-refractivity contribution < 1.29 is 14.3 Å². The lowest BCUT2D eigenvalue weighted by Gasteiger charge is -2.17. The van der Waals surface area contributed by atoms with Gasteiger partial charge in [-0.1, -0.05) is 23.2 Å². The van der Waals surface area contributed by atoms with E-state index in [1.54, 1.807) is 13.0 Å². The number of aromatic nitrogens is 1. The van der Waals surface area contributed by atoms with Crippen molar-refractivity contribution in [3.8, 4) is 0 Å². The number of nitrogens with zero attached hydrogens (tertiary/aromatic N) is 1. The minimum atomic E-state index is -1.06. The van der Waals surface area contributed by atoms with Crippen molar-refractivity contribution in [3.63, 3.8) is 0 Å². The quantitative estimate of drug-likeness (QED) is 0.536. The normalized spacial score (nSPS) is 15.6. The van der Waals surface area contributed by atoms with Crippen molar-refractivity contribution in [2.45, 2.75) is 13.2 Å². The van der Waals surface area contributed by atoms with Crippen molar-refractivity contribution in [3.05, 3.63) is 45.9 Å². The number of aromatic carboxylic acids is 1. The number of anilines is 3. The summed E-state index contributed by atoms with van der Waals surface area (Å²) in [6, 6.07) is 3.33. The number of nitrogens with one attached hydrogen (secondary N) is 3. The van der Waals surface area contributed by atoms with Gasteiger partial charge in [0.25, 0.3) is 0 Å². The predicted octanol–water partition coefficient (Wildman–Crippen LogP) is 4.37. The summed E-state index contributed by atoms with van der Waals surface area (Å²) < 4.78 is 5.56. The van der Waals surface area contributed by atoms with E-state index in [2.05, 4.69) is 20.9 Å². The number of hydrogen-bond acceptors (Lipinski definition) is 6. The maximum Gasteiger partial charge on any atom is 0.339 e. The first-order valence-electron chi connectivity index (χ1n) is 7.33. The molecular weight excluding hydrogens is 367 g/mol. The predicted molar refractivity (Wildman–Crippen MR) is 96.8 cm³/mol. The van der Waals surface area contributed by atoms with Gasteiger partial charge in [-0.25, -0.2) is 4.79 Å². The molecule has 3 heterocycles. The largest absolute Gasteiger partial charge is 0.478 e. The lowest BCUT2D eigenvalue weighted by molar-refractivity contribution is 0.0698. The first-order valence-corrected chi connectivity index (χ1v) is 8.08. The van der Waals surface area contributed by atoms with Crippen LogP contribution in [-0.4, -0.2) is 22.3 Å². The fourth-order valence-corrected chi connectivity index (χ4v) is 3.33. The monoisotopic (exact) mass is 378 g/mol. The zero-order chi connectivity index (χ0) is 17.7. The number of carboxylic acids is 1. The lowest BCUT2D eigenvalue weighted by atomic mass is 10.1. The molecule has 0 aliphatic carbocycles. The SMILES string of the molecule is Cc1cc2c3c(cc(C(=O)O)c2o1)NC(Nc1c(Cl)cncc1Cl)N3. The molecule has 1 aliphatic rings. The molecule has 1 atom stereocenters. The van der Waals surface area contributed by atoms with E-state index in [4.69, 9.17) is 27.6 Å². The maximum atomic E-state index is 11.5. The van der Waals surface area contributed by atoms with E-state index >= 15 is 0 Å². The van der Waals surface area contributed by atoms with Gasteiger partial charge in [-0.2, -0.15) is 0 Å². The van der Waals surface area contributed by atoms with Crippen molar-refractivity contribution in [2.24, 2.45) is 0 Å². The smallest absolute Gasteiger partial charge is 0.339 e. The maximum absolute atomic E-state index is 11.5. The topological polar surface area (TPSA) is 99.4 Å². The van der Waals surface area contributed by atoms with Gasteiger partial charge in [-0.05, 0) is 19.1 Å². The van der Waals surface area contributed by atoms with E-state index in [9.17, 15) is 9.90 Å². The van der Waals surface area contributed by atoms with Crippen molar-refractivity contribution in [2.75, 3.05) is 16.0 Å². The van der Waals surface area contributed by atoms with Crippen LogP contribution in [-0.2, 0) is 0 Å². The van der Waals surface area contributed by atoms with Gasteiger partial charge in [0, 0.05) is 17.8 Å². The van der Waals surface area contributed by atoms with Gasteiger partial charge in [-0.15, -0.1) is 0 Å². The fraction of sp³-hybridized carbons (Fsp3) is 0.125. The molecule has 128 valence electrons. The minimum absolute atomic E-state index is 0.0942. The second-order valence-corrected chi connectivity index (χ2v) is 6.41. The minimum Gasteiger partial charge on any atom is -0.478 e. The Morgan fingerprint density at radius 3 is 2.68 bits per heavy atom. The molecule has 0 radical (unpaired) electrons. The number of benzene rings is 1. The van der Waals surface area contributed by atoms with Crippen molar-refractivity contribution >= 4 is 57.2 Å². The van der Waals surface area contributed by atoms with E-state index < -0.39 is 12.3 Å². The second kappa shape index (κ2) is 5.72. The molecular formula is C16H12Cl2N4O3. The van der Waals surface area contributed by atoms with Crippen LogP contribution in [0, 0.1) is 6.92 Å². The number of halogens is 2. The molecule has 1 aromatic carbocycles. The van der Waals surface area contributed by atoms with Crippen LogP contribution in [0.4, 0.5) is 17.1 Å². The Morgan fingerprint density at radius 2 is 2.00 bits per heavy atom. The van der Waals surface area contributed by atoms with Gasteiger partial charge < -0.3 is 25.5 Å². The number of hydrogen-bond donors (Lipinski definition) is 4. The van der Waals surface area contributed by atoms with E-state index in [-0.39, 0.29) is 5.56 Å². The Bertz CT molecular complexity index is 998. The van der Waals surface area contributed by atoms with E-state index in [1.165, 1.54) is 18.5 Å². The summed E-state index contributed by atoms with van der Waals surface area (Å²) in [7, 11) is 0.